The quantitative estimate of drug-likeness (QED) is 0.291. The second kappa shape index (κ2) is 9.44. The first-order valence-electron chi connectivity index (χ1n) is 7.94. The Labute approximate surface area is 171 Å². The minimum atomic E-state index is -0.612. The Kier molecular flexibility index (Phi) is 7.28. The lowest BCUT2D eigenvalue weighted by Gasteiger charge is -2.18. The fraction of sp³-hybridized carbons (Fsp3) is 0.235. The van der Waals surface area contributed by atoms with E-state index in [1.165, 1.54) is 12.1 Å². The van der Waals surface area contributed by atoms with Crippen molar-refractivity contribution in [3.8, 4) is 11.6 Å². The lowest BCUT2D eigenvalue weighted by Crippen LogP contribution is -2.38. The summed E-state index contributed by atoms with van der Waals surface area (Å²) in [5.41, 5.74) is 0.342. The number of aliphatic imine (C=N–C) groups is 1. The third-order valence-corrected chi connectivity index (χ3v) is 3.70. The van der Waals surface area contributed by atoms with Gasteiger partial charge in [-0.15, -0.1) is 29.1 Å². The summed E-state index contributed by atoms with van der Waals surface area (Å²) >= 11 is 0. The lowest BCUT2D eigenvalue weighted by atomic mass is 10.1. The summed E-state index contributed by atoms with van der Waals surface area (Å²) in [7, 11) is 1.59. The number of guanidine groups is 1. The maximum absolute atomic E-state index is 13.9. The molecule has 0 fully saturated rings. The zero-order valence-corrected chi connectivity index (χ0v) is 17.0. The van der Waals surface area contributed by atoms with Crippen molar-refractivity contribution < 1.29 is 13.2 Å². The molecule has 3 rings (SSSR count). The molecule has 0 aliphatic rings. The van der Waals surface area contributed by atoms with E-state index < -0.39 is 17.7 Å². The maximum atomic E-state index is 13.9. The molecule has 144 valence electrons. The number of aromatic nitrogens is 3. The molecule has 0 aliphatic carbocycles. The highest BCUT2D eigenvalue weighted by Gasteiger charge is 2.14. The van der Waals surface area contributed by atoms with Gasteiger partial charge in [0.15, 0.2) is 11.7 Å². The molecule has 0 radical (unpaired) electrons. The van der Waals surface area contributed by atoms with Crippen LogP contribution in [0.1, 0.15) is 24.4 Å². The number of aromatic amines is 1. The minimum Gasteiger partial charge on any atom is -0.461 e. The molecule has 0 bridgehead atoms. The molecule has 2 heterocycles. The minimum absolute atomic E-state index is 0. The zero-order valence-electron chi connectivity index (χ0n) is 14.7. The van der Waals surface area contributed by atoms with Crippen LogP contribution < -0.4 is 10.6 Å². The maximum Gasteiger partial charge on any atom is 0.216 e. The molecule has 1 unspecified atom stereocenters. The Morgan fingerprint density at radius 1 is 1.33 bits per heavy atom. The first-order valence-corrected chi connectivity index (χ1v) is 7.94. The van der Waals surface area contributed by atoms with Gasteiger partial charge in [-0.05, 0) is 25.1 Å². The lowest BCUT2D eigenvalue weighted by molar-refractivity contribution is 0.550. The molecule has 0 spiro atoms. The summed E-state index contributed by atoms with van der Waals surface area (Å²) in [6.07, 6.45) is 1.55. The van der Waals surface area contributed by atoms with Crippen LogP contribution in [-0.2, 0) is 6.54 Å². The number of rotatable bonds is 5. The van der Waals surface area contributed by atoms with E-state index in [2.05, 4.69) is 30.8 Å². The molecule has 1 aromatic carbocycles. The van der Waals surface area contributed by atoms with Crippen molar-refractivity contribution in [3.05, 3.63) is 59.6 Å². The molecule has 0 amide bonds. The predicted octanol–water partition coefficient (Wildman–Crippen LogP) is 3.39. The summed E-state index contributed by atoms with van der Waals surface area (Å²) in [6.45, 7) is 2.08. The van der Waals surface area contributed by atoms with Gasteiger partial charge in [0.25, 0.3) is 0 Å². The summed E-state index contributed by atoms with van der Waals surface area (Å²) < 4.78 is 32.1. The van der Waals surface area contributed by atoms with Crippen LogP contribution >= 0.6 is 24.0 Å². The van der Waals surface area contributed by atoms with Crippen LogP contribution in [0.5, 0.6) is 0 Å². The smallest absolute Gasteiger partial charge is 0.216 e. The van der Waals surface area contributed by atoms with E-state index in [-0.39, 0.29) is 24.0 Å². The number of furan rings is 1. The van der Waals surface area contributed by atoms with Crippen LogP contribution in [0.2, 0.25) is 0 Å². The van der Waals surface area contributed by atoms with Crippen LogP contribution in [0.4, 0.5) is 8.78 Å². The number of H-pyrrole nitrogens is 1. The van der Waals surface area contributed by atoms with Crippen molar-refractivity contribution in [2.75, 3.05) is 7.05 Å². The molecular weight excluding hydrogens is 469 g/mol. The van der Waals surface area contributed by atoms with E-state index in [1.54, 1.807) is 32.4 Å². The standard InChI is InChI=1S/C17H18F2N6O.HI/c1-10(12-6-5-11(18)8-13(12)19)22-17(20-2)21-9-15-23-16(25-24-15)14-4-3-7-26-14;/h3-8,10H,9H2,1-2H3,(H2,20,21,22)(H,23,24,25);1H. The first-order chi connectivity index (χ1) is 12.6. The third kappa shape index (κ3) is 5.25. The monoisotopic (exact) mass is 488 g/mol. The number of benzene rings is 1. The Hall–Kier alpha value is -2.50. The Morgan fingerprint density at radius 3 is 2.81 bits per heavy atom. The Bertz CT molecular complexity index is 897. The highest BCUT2D eigenvalue weighted by Crippen LogP contribution is 2.17. The summed E-state index contributed by atoms with van der Waals surface area (Å²) in [6, 6.07) is 6.59. The average Bonchev–Trinajstić information content (AvgIpc) is 3.29. The van der Waals surface area contributed by atoms with E-state index in [0.717, 1.165) is 6.07 Å². The van der Waals surface area contributed by atoms with E-state index in [4.69, 9.17) is 4.42 Å². The second-order valence-corrected chi connectivity index (χ2v) is 5.54. The van der Waals surface area contributed by atoms with E-state index in [1.807, 2.05) is 0 Å². The SMILES string of the molecule is CN=C(NCc1nc(-c2ccco2)n[nH]1)NC(C)c1ccc(F)cc1F.I. The van der Waals surface area contributed by atoms with E-state index in [0.29, 0.717) is 35.5 Å². The fourth-order valence-electron chi connectivity index (χ4n) is 2.39. The number of nitrogens with one attached hydrogen (secondary N) is 3. The van der Waals surface area contributed by atoms with Gasteiger partial charge in [-0.1, -0.05) is 6.07 Å². The molecular formula is C17H19F2IN6O. The highest BCUT2D eigenvalue weighted by molar-refractivity contribution is 14.0. The average molecular weight is 488 g/mol. The van der Waals surface area contributed by atoms with Gasteiger partial charge in [-0.2, -0.15) is 0 Å². The van der Waals surface area contributed by atoms with Crippen LogP contribution in [0, 0.1) is 11.6 Å². The molecule has 2 aromatic heterocycles. The fourth-order valence-corrected chi connectivity index (χ4v) is 2.39. The van der Waals surface area contributed by atoms with Gasteiger partial charge in [0.2, 0.25) is 5.82 Å². The highest BCUT2D eigenvalue weighted by atomic mass is 127. The molecule has 7 nitrogen and oxygen atoms in total. The molecule has 10 heteroatoms. The van der Waals surface area contributed by atoms with Crippen molar-refractivity contribution in [3.63, 3.8) is 0 Å². The summed E-state index contributed by atoms with van der Waals surface area (Å²) in [5, 5.41) is 13.0. The molecule has 1 atom stereocenters. The summed E-state index contributed by atoms with van der Waals surface area (Å²) in [4.78, 5) is 8.40. The summed E-state index contributed by atoms with van der Waals surface area (Å²) in [5.74, 6) is 0.821. The predicted molar refractivity (Wildman–Crippen MR) is 108 cm³/mol. The van der Waals surface area contributed by atoms with Gasteiger partial charge in [0, 0.05) is 18.7 Å². The van der Waals surface area contributed by atoms with Gasteiger partial charge < -0.3 is 15.1 Å². The molecule has 3 N–H and O–H groups in total. The zero-order chi connectivity index (χ0) is 18.5. The van der Waals surface area contributed by atoms with E-state index in [9.17, 15) is 8.78 Å². The number of hydrogen-bond donors (Lipinski definition) is 3. The largest absolute Gasteiger partial charge is 0.461 e. The Morgan fingerprint density at radius 2 is 2.15 bits per heavy atom. The van der Waals surface area contributed by atoms with Crippen molar-refractivity contribution in [2.24, 2.45) is 4.99 Å². The second-order valence-electron chi connectivity index (χ2n) is 5.54. The van der Waals surface area contributed by atoms with Crippen LogP contribution in [0.15, 0.2) is 46.0 Å². The van der Waals surface area contributed by atoms with E-state index >= 15 is 0 Å². The van der Waals surface area contributed by atoms with Crippen molar-refractivity contribution in [1.82, 2.24) is 25.8 Å². The molecule has 3 aromatic rings. The van der Waals surface area contributed by atoms with Gasteiger partial charge in [-0.25, -0.2) is 13.8 Å². The molecule has 27 heavy (non-hydrogen) atoms. The van der Waals surface area contributed by atoms with Gasteiger partial charge in [0.1, 0.15) is 17.5 Å². The third-order valence-electron chi connectivity index (χ3n) is 3.70. The van der Waals surface area contributed by atoms with Crippen molar-refractivity contribution >= 4 is 29.9 Å². The number of halogens is 3. The van der Waals surface area contributed by atoms with Gasteiger partial charge in [-0.3, -0.25) is 10.1 Å². The van der Waals surface area contributed by atoms with Crippen molar-refractivity contribution in [1.29, 1.82) is 0 Å². The molecule has 0 saturated carbocycles. The Balaban J connectivity index is 0.00000261. The molecule has 0 saturated heterocycles. The van der Waals surface area contributed by atoms with Crippen LogP contribution in [0.25, 0.3) is 11.6 Å². The first kappa shape index (κ1) is 20.8. The van der Waals surface area contributed by atoms with Crippen molar-refractivity contribution in [2.45, 2.75) is 19.5 Å². The normalized spacial score (nSPS) is 12.4. The van der Waals surface area contributed by atoms with Gasteiger partial charge >= 0.3 is 0 Å². The van der Waals surface area contributed by atoms with Crippen LogP contribution in [0.3, 0.4) is 0 Å². The van der Waals surface area contributed by atoms with Crippen LogP contribution in [-0.4, -0.2) is 28.2 Å². The van der Waals surface area contributed by atoms with Gasteiger partial charge in [0.05, 0.1) is 18.8 Å². The number of nitrogens with zero attached hydrogens (tertiary/aromatic N) is 3. The number of hydrogen-bond acceptors (Lipinski definition) is 4. The molecule has 0 aliphatic heterocycles. The topological polar surface area (TPSA) is 91.1 Å².